The fourth-order valence-corrected chi connectivity index (χ4v) is 4.44. The van der Waals surface area contributed by atoms with E-state index >= 15 is 0 Å². The van der Waals surface area contributed by atoms with Gasteiger partial charge in [-0.05, 0) is 49.7 Å². The molecule has 26 heavy (non-hydrogen) atoms. The Labute approximate surface area is 154 Å². The van der Waals surface area contributed by atoms with Crippen molar-refractivity contribution in [3.8, 4) is 0 Å². The molecule has 1 saturated carbocycles. The third-order valence-corrected chi connectivity index (χ3v) is 6.12. The van der Waals surface area contributed by atoms with E-state index < -0.39 is 11.9 Å². The summed E-state index contributed by atoms with van der Waals surface area (Å²) < 4.78 is 0. The lowest BCUT2D eigenvalue weighted by atomic mass is 9.92. The number of aromatic nitrogens is 1. The molecule has 3 aliphatic rings. The molecule has 0 unspecified atom stereocenters. The number of pyridine rings is 1. The van der Waals surface area contributed by atoms with Crippen LogP contribution in [0.15, 0.2) is 18.3 Å². The molecule has 1 amide bonds. The Morgan fingerprint density at radius 3 is 2.35 bits per heavy atom. The van der Waals surface area contributed by atoms with Crippen LogP contribution in [0.5, 0.6) is 0 Å². The maximum atomic E-state index is 12.8. The van der Waals surface area contributed by atoms with Gasteiger partial charge in [-0.25, -0.2) is 4.98 Å². The molecule has 1 aromatic heterocycles. The molecule has 0 radical (unpaired) electrons. The number of nitrogens with zero attached hydrogens (tertiary/aromatic N) is 3. The van der Waals surface area contributed by atoms with Crippen molar-refractivity contribution in [3.63, 3.8) is 0 Å². The molecule has 0 bridgehead atoms. The van der Waals surface area contributed by atoms with Crippen molar-refractivity contribution < 1.29 is 14.7 Å². The van der Waals surface area contributed by atoms with Gasteiger partial charge in [0.05, 0.1) is 11.5 Å². The Kier molecular flexibility index (Phi) is 4.83. The highest BCUT2D eigenvalue weighted by Gasteiger charge is 2.46. The van der Waals surface area contributed by atoms with Crippen molar-refractivity contribution in [2.45, 2.75) is 38.5 Å². The van der Waals surface area contributed by atoms with Crippen LogP contribution in [0.4, 0.5) is 5.82 Å². The number of aliphatic carboxylic acids is 1. The zero-order chi connectivity index (χ0) is 18.1. The Morgan fingerprint density at radius 1 is 1.04 bits per heavy atom. The van der Waals surface area contributed by atoms with Crippen molar-refractivity contribution >= 4 is 17.7 Å². The number of amides is 1. The third-order valence-electron chi connectivity index (χ3n) is 6.12. The van der Waals surface area contributed by atoms with Crippen LogP contribution in [-0.2, 0) is 4.79 Å². The van der Waals surface area contributed by atoms with Gasteiger partial charge in [0.1, 0.15) is 5.82 Å². The first-order valence-corrected chi connectivity index (χ1v) is 9.86. The number of carboxylic acids is 1. The highest BCUT2D eigenvalue weighted by atomic mass is 16.4. The summed E-state index contributed by atoms with van der Waals surface area (Å²) >= 11 is 0. The van der Waals surface area contributed by atoms with E-state index in [1.54, 1.807) is 11.1 Å². The second-order valence-corrected chi connectivity index (χ2v) is 7.96. The summed E-state index contributed by atoms with van der Waals surface area (Å²) in [6.45, 7) is 2.93. The van der Waals surface area contributed by atoms with Gasteiger partial charge < -0.3 is 14.9 Å². The average molecular weight is 357 g/mol. The zero-order valence-corrected chi connectivity index (χ0v) is 15.1. The van der Waals surface area contributed by atoms with Gasteiger partial charge in [0.25, 0.3) is 5.91 Å². The van der Waals surface area contributed by atoms with E-state index in [0.717, 1.165) is 31.7 Å². The fraction of sp³-hybridized carbons (Fsp3) is 0.650. The van der Waals surface area contributed by atoms with Crippen LogP contribution < -0.4 is 4.90 Å². The highest BCUT2D eigenvalue weighted by molar-refractivity contribution is 5.94. The molecule has 6 heteroatoms. The molecule has 0 aromatic carbocycles. The molecular weight excluding hydrogens is 330 g/mol. The van der Waals surface area contributed by atoms with Gasteiger partial charge in [-0.15, -0.1) is 0 Å². The van der Waals surface area contributed by atoms with Crippen LogP contribution in [0, 0.1) is 17.8 Å². The van der Waals surface area contributed by atoms with E-state index in [1.165, 1.54) is 25.7 Å². The van der Waals surface area contributed by atoms with Gasteiger partial charge in [0, 0.05) is 32.4 Å². The Bertz CT molecular complexity index is 663. The lowest BCUT2D eigenvalue weighted by Gasteiger charge is -2.22. The molecule has 1 N–H and O–H groups in total. The van der Waals surface area contributed by atoms with Gasteiger partial charge in [-0.1, -0.05) is 12.8 Å². The summed E-state index contributed by atoms with van der Waals surface area (Å²) in [6.07, 6.45) is 8.78. The quantitative estimate of drug-likeness (QED) is 0.897. The van der Waals surface area contributed by atoms with Crippen LogP contribution in [-0.4, -0.2) is 53.0 Å². The standard InChI is InChI=1S/C20H27N3O3/c24-19(23-12-16(14-5-6-14)17(13-23)20(25)26)15-7-8-18(21-11-15)22-9-3-1-2-4-10-22/h7-8,11,14,16-17H,1-6,9-10,12-13H2,(H,25,26)/t16-,17+/m1/s1. The minimum absolute atomic E-state index is 0.0886. The topological polar surface area (TPSA) is 73.7 Å². The first-order chi connectivity index (χ1) is 12.6. The number of anilines is 1. The predicted octanol–water partition coefficient (Wildman–Crippen LogP) is 2.64. The minimum atomic E-state index is -0.771. The maximum Gasteiger partial charge on any atom is 0.308 e. The van der Waals surface area contributed by atoms with E-state index in [2.05, 4.69) is 9.88 Å². The van der Waals surface area contributed by atoms with Crippen LogP contribution in [0.25, 0.3) is 0 Å². The monoisotopic (exact) mass is 357 g/mol. The molecule has 1 aliphatic carbocycles. The van der Waals surface area contributed by atoms with E-state index in [4.69, 9.17) is 0 Å². The largest absolute Gasteiger partial charge is 0.481 e. The zero-order valence-electron chi connectivity index (χ0n) is 15.1. The number of rotatable bonds is 4. The number of hydrogen-bond donors (Lipinski definition) is 1. The van der Waals surface area contributed by atoms with E-state index in [9.17, 15) is 14.7 Å². The SMILES string of the molecule is O=C(O)[C@H]1CN(C(=O)c2ccc(N3CCCCCC3)nc2)C[C@@H]1C1CC1. The van der Waals surface area contributed by atoms with Gasteiger partial charge in [0.2, 0.25) is 0 Å². The van der Waals surface area contributed by atoms with Crippen LogP contribution in [0.1, 0.15) is 48.9 Å². The summed E-state index contributed by atoms with van der Waals surface area (Å²) in [5.74, 6) is 0.249. The molecular formula is C20H27N3O3. The first-order valence-electron chi connectivity index (χ1n) is 9.86. The molecule has 3 fully saturated rings. The van der Waals surface area contributed by atoms with Crippen molar-refractivity contribution in [3.05, 3.63) is 23.9 Å². The van der Waals surface area contributed by atoms with Gasteiger partial charge in [0.15, 0.2) is 0 Å². The van der Waals surface area contributed by atoms with Crippen LogP contribution >= 0.6 is 0 Å². The molecule has 1 aromatic rings. The molecule has 2 aliphatic heterocycles. The van der Waals surface area contributed by atoms with Gasteiger partial charge >= 0.3 is 5.97 Å². The highest BCUT2D eigenvalue weighted by Crippen LogP contribution is 2.44. The third kappa shape index (κ3) is 3.55. The number of likely N-dealkylation sites (tertiary alicyclic amines) is 1. The Balaban J connectivity index is 1.44. The van der Waals surface area contributed by atoms with Crippen LogP contribution in [0.2, 0.25) is 0 Å². The molecule has 6 nitrogen and oxygen atoms in total. The normalized spacial score (nSPS) is 26.6. The minimum Gasteiger partial charge on any atom is -0.481 e. The van der Waals surface area contributed by atoms with E-state index in [-0.39, 0.29) is 11.8 Å². The summed E-state index contributed by atoms with van der Waals surface area (Å²) in [6, 6.07) is 3.78. The molecule has 4 rings (SSSR count). The molecule has 0 spiro atoms. The molecule has 2 atom stereocenters. The van der Waals surface area contributed by atoms with Crippen molar-refractivity contribution in [2.75, 3.05) is 31.1 Å². The van der Waals surface area contributed by atoms with Crippen molar-refractivity contribution in [1.29, 1.82) is 0 Å². The fourth-order valence-electron chi connectivity index (χ4n) is 4.44. The number of carbonyl (C=O) groups excluding carboxylic acids is 1. The maximum absolute atomic E-state index is 12.8. The second kappa shape index (κ2) is 7.25. The summed E-state index contributed by atoms with van der Waals surface area (Å²) in [4.78, 5) is 32.9. The van der Waals surface area contributed by atoms with Crippen molar-refractivity contribution in [2.24, 2.45) is 17.8 Å². The smallest absolute Gasteiger partial charge is 0.308 e. The van der Waals surface area contributed by atoms with E-state index in [1.807, 2.05) is 12.1 Å². The van der Waals surface area contributed by atoms with Crippen LogP contribution in [0.3, 0.4) is 0 Å². The lowest BCUT2D eigenvalue weighted by Crippen LogP contribution is -2.30. The Hall–Kier alpha value is -2.11. The molecule has 2 saturated heterocycles. The number of carboxylic acid groups (broad SMARTS) is 1. The van der Waals surface area contributed by atoms with E-state index in [0.29, 0.717) is 24.6 Å². The van der Waals surface area contributed by atoms with Gasteiger partial charge in [-0.3, -0.25) is 9.59 Å². The van der Waals surface area contributed by atoms with Gasteiger partial charge in [-0.2, -0.15) is 0 Å². The van der Waals surface area contributed by atoms with Crippen molar-refractivity contribution in [1.82, 2.24) is 9.88 Å². The predicted molar refractivity (Wildman–Crippen MR) is 98.2 cm³/mol. The summed E-state index contributed by atoms with van der Waals surface area (Å²) in [5.41, 5.74) is 0.559. The molecule has 140 valence electrons. The summed E-state index contributed by atoms with van der Waals surface area (Å²) in [5, 5.41) is 9.48. The first kappa shape index (κ1) is 17.3. The average Bonchev–Trinajstić information content (AvgIpc) is 3.45. The second-order valence-electron chi connectivity index (χ2n) is 7.96. The summed E-state index contributed by atoms with van der Waals surface area (Å²) in [7, 11) is 0. The molecule has 3 heterocycles. The Morgan fingerprint density at radius 2 is 1.77 bits per heavy atom. The number of carbonyl (C=O) groups is 2. The number of hydrogen-bond acceptors (Lipinski definition) is 4. The lowest BCUT2D eigenvalue weighted by molar-refractivity contribution is -0.142.